The number of hydrazone groups is 1. The van der Waals surface area contributed by atoms with Crippen LogP contribution in [0.2, 0.25) is 0 Å². The van der Waals surface area contributed by atoms with Gasteiger partial charge < -0.3 is 18.8 Å². The van der Waals surface area contributed by atoms with Crippen LogP contribution in [0.1, 0.15) is 5.56 Å². The second kappa shape index (κ2) is 11.0. The van der Waals surface area contributed by atoms with Crippen LogP contribution in [-0.4, -0.2) is 54.0 Å². The molecule has 1 heterocycles. The van der Waals surface area contributed by atoms with Crippen LogP contribution in [0.5, 0.6) is 17.2 Å². The Morgan fingerprint density at radius 3 is 2.50 bits per heavy atom. The number of rotatable bonds is 9. The standard InChI is InChI=1S/C21H22BrN5O4S/c1-27-20(14-6-5-7-15(22)10-14)25-26-21(27)32-12-18(28)24-23-11-13-8-16(29-2)19(31-4)17(9-13)30-3/h5-11H,12H2,1-4H3,(H,24,28). The topological polar surface area (TPSA) is 99.9 Å². The zero-order chi connectivity index (χ0) is 23.1. The first-order chi connectivity index (χ1) is 15.5. The highest BCUT2D eigenvalue weighted by atomic mass is 79.9. The average Bonchev–Trinajstić information content (AvgIpc) is 3.17. The van der Waals surface area contributed by atoms with Gasteiger partial charge in [-0.25, -0.2) is 5.43 Å². The number of thioether (sulfide) groups is 1. The molecule has 11 heteroatoms. The van der Waals surface area contributed by atoms with Crippen LogP contribution < -0.4 is 19.6 Å². The number of amides is 1. The van der Waals surface area contributed by atoms with E-state index in [1.165, 1.54) is 39.3 Å². The number of hydrogen-bond acceptors (Lipinski definition) is 8. The number of methoxy groups -OCH3 is 3. The number of aromatic nitrogens is 3. The quantitative estimate of drug-likeness (QED) is 0.262. The maximum absolute atomic E-state index is 12.2. The van der Waals surface area contributed by atoms with E-state index in [0.29, 0.717) is 28.0 Å². The summed E-state index contributed by atoms with van der Waals surface area (Å²) in [6.45, 7) is 0. The predicted octanol–water partition coefficient (Wildman–Crippen LogP) is 3.51. The third kappa shape index (κ3) is 5.60. The third-order valence-corrected chi connectivity index (χ3v) is 5.85. The van der Waals surface area contributed by atoms with Gasteiger partial charge in [0.25, 0.3) is 5.91 Å². The minimum absolute atomic E-state index is 0.136. The summed E-state index contributed by atoms with van der Waals surface area (Å²) < 4.78 is 18.7. The fourth-order valence-electron chi connectivity index (χ4n) is 2.84. The maximum Gasteiger partial charge on any atom is 0.250 e. The van der Waals surface area contributed by atoms with E-state index in [9.17, 15) is 4.79 Å². The van der Waals surface area contributed by atoms with Crippen molar-refractivity contribution in [2.45, 2.75) is 5.16 Å². The minimum Gasteiger partial charge on any atom is -0.493 e. The number of carbonyl (C=O) groups excluding carboxylic acids is 1. The van der Waals surface area contributed by atoms with E-state index in [4.69, 9.17) is 14.2 Å². The van der Waals surface area contributed by atoms with Crippen molar-refractivity contribution in [3.63, 3.8) is 0 Å². The number of nitrogens with one attached hydrogen (secondary N) is 1. The Kier molecular flexibility index (Phi) is 8.12. The Hall–Kier alpha value is -3.05. The lowest BCUT2D eigenvalue weighted by Crippen LogP contribution is -2.19. The first-order valence-corrected chi connectivity index (χ1v) is 11.1. The van der Waals surface area contributed by atoms with E-state index in [1.807, 2.05) is 35.9 Å². The summed E-state index contributed by atoms with van der Waals surface area (Å²) in [6.07, 6.45) is 1.50. The molecule has 168 valence electrons. The lowest BCUT2D eigenvalue weighted by atomic mass is 10.2. The predicted molar refractivity (Wildman–Crippen MR) is 127 cm³/mol. The largest absolute Gasteiger partial charge is 0.493 e. The van der Waals surface area contributed by atoms with Crippen molar-refractivity contribution in [3.05, 3.63) is 46.4 Å². The lowest BCUT2D eigenvalue weighted by molar-refractivity contribution is -0.118. The molecule has 0 saturated carbocycles. The van der Waals surface area contributed by atoms with E-state index in [2.05, 4.69) is 36.7 Å². The van der Waals surface area contributed by atoms with Gasteiger partial charge in [0.2, 0.25) is 5.75 Å². The number of benzene rings is 2. The Morgan fingerprint density at radius 1 is 1.16 bits per heavy atom. The Balaban J connectivity index is 1.60. The Morgan fingerprint density at radius 2 is 1.88 bits per heavy atom. The van der Waals surface area contributed by atoms with Gasteiger partial charge in [-0.15, -0.1) is 10.2 Å². The average molecular weight is 520 g/mol. The van der Waals surface area contributed by atoms with Crippen molar-refractivity contribution in [1.29, 1.82) is 0 Å². The van der Waals surface area contributed by atoms with Crippen molar-refractivity contribution >= 4 is 39.8 Å². The van der Waals surface area contributed by atoms with Crippen LogP contribution >= 0.6 is 27.7 Å². The molecule has 0 aliphatic carbocycles. The summed E-state index contributed by atoms with van der Waals surface area (Å²) in [6, 6.07) is 11.2. The van der Waals surface area contributed by atoms with Gasteiger partial charge in [0, 0.05) is 22.6 Å². The first-order valence-electron chi connectivity index (χ1n) is 9.36. The highest BCUT2D eigenvalue weighted by Gasteiger charge is 2.14. The molecular weight excluding hydrogens is 498 g/mol. The molecule has 0 fully saturated rings. The van der Waals surface area contributed by atoms with Crippen molar-refractivity contribution < 1.29 is 19.0 Å². The molecule has 3 aromatic rings. The summed E-state index contributed by atoms with van der Waals surface area (Å²) in [5, 5.41) is 13.0. The smallest absolute Gasteiger partial charge is 0.250 e. The molecule has 9 nitrogen and oxygen atoms in total. The highest BCUT2D eigenvalue weighted by molar-refractivity contribution is 9.10. The van der Waals surface area contributed by atoms with Crippen molar-refractivity contribution in [3.8, 4) is 28.6 Å². The van der Waals surface area contributed by atoms with Crippen molar-refractivity contribution in [1.82, 2.24) is 20.2 Å². The zero-order valence-corrected chi connectivity index (χ0v) is 20.4. The van der Waals surface area contributed by atoms with Crippen LogP contribution in [0.3, 0.4) is 0 Å². The first kappa shape index (κ1) is 23.6. The van der Waals surface area contributed by atoms with E-state index in [-0.39, 0.29) is 11.7 Å². The molecule has 0 unspecified atom stereocenters. The summed E-state index contributed by atoms with van der Waals surface area (Å²) in [5.41, 5.74) is 4.11. The SMILES string of the molecule is COc1cc(C=NNC(=O)CSc2nnc(-c3cccc(Br)c3)n2C)cc(OC)c1OC. The molecule has 2 aromatic carbocycles. The van der Waals surface area contributed by atoms with E-state index < -0.39 is 0 Å². The van der Waals surface area contributed by atoms with Gasteiger partial charge in [-0.3, -0.25) is 4.79 Å². The molecule has 0 radical (unpaired) electrons. The van der Waals surface area contributed by atoms with Gasteiger partial charge in [-0.1, -0.05) is 39.8 Å². The summed E-state index contributed by atoms with van der Waals surface area (Å²) >= 11 is 4.73. The van der Waals surface area contributed by atoms with Crippen LogP contribution in [-0.2, 0) is 11.8 Å². The van der Waals surface area contributed by atoms with Crippen LogP contribution in [0, 0.1) is 0 Å². The molecule has 0 atom stereocenters. The molecule has 1 amide bonds. The molecule has 0 saturated heterocycles. The van der Waals surface area contributed by atoms with Crippen molar-refractivity contribution in [2.24, 2.45) is 12.1 Å². The normalized spacial score (nSPS) is 10.9. The molecule has 0 aliphatic heterocycles. The van der Waals surface area contributed by atoms with Crippen LogP contribution in [0.15, 0.2) is 51.1 Å². The van der Waals surface area contributed by atoms with Gasteiger partial charge in [0.1, 0.15) is 0 Å². The monoisotopic (exact) mass is 519 g/mol. The summed E-state index contributed by atoms with van der Waals surface area (Å²) in [7, 11) is 6.46. The van der Waals surface area contributed by atoms with Gasteiger partial charge in [0.15, 0.2) is 22.5 Å². The lowest BCUT2D eigenvalue weighted by Gasteiger charge is -2.12. The molecule has 32 heavy (non-hydrogen) atoms. The zero-order valence-electron chi connectivity index (χ0n) is 18.0. The van der Waals surface area contributed by atoms with Gasteiger partial charge in [0.05, 0.1) is 33.3 Å². The number of halogens is 1. The number of hydrogen-bond donors (Lipinski definition) is 1. The fourth-order valence-corrected chi connectivity index (χ4v) is 3.94. The van der Waals surface area contributed by atoms with Gasteiger partial charge in [-0.2, -0.15) is 5.10 Å². The molecule has 1 aromatic heterocycles. The highest BCUT2D eigenvalue weighted by Crippen LogP contribution is 2.37. The molecule has 3 rings (SSSR count). The summed E-state index contributed by atoms with van der Waals surface area (Å²) in [5.74, 6) is 2.06. The molecular formula is C21H22BrN5O4S. The van der Waals surface area contributed by atoms with E-state index >= 15 is 0 Å². The van der Waals surface area contributed by atoms with Crippen LogP contribution in [0.25, 0.3) is 11.4 Å². The molecule has 0 bridgehead atoms. The van der Waals surface area contributed by atoms with E-state index in [1.54, 1.807) is 12.1 Å². The molecule has 1 N–H and O–H groups in total. The number of ether oxygens (including phenoxy) is 3. The second-order valence-electron chi connectivity index (χ2n) is 6.42. The van der Waals surface area contributed by atoms with Gasteiger partial charge >= 0.3 is 0 Å². The Labute approximate surface area is 198 Å². The molecule has 0 aliphatic rings. The molecule has 0 spiro atoms. The van der Waals surface area contributed by atoms with Crippen LogP contribution in [0.4, 0.5) is 0 Å². The number of carbonyl (C=O) groups is 1. The van der Waals surface area contributed by atoms with Crippen molar-refractivity contribution in [2.75, 3.05) is 27.1 Å². The van der Waals surface area contributed by atoms with Gasteiger partial charge in [-0.05, 0) is 24.3 Å². The number of nitrogens with zero attached hydrogens (tertiary/aromatic N) is 4. The fraction of sp³-hybridized carbons (Fsp3) is 0.238. The second-order valence-corrected chi connectivity index (χ2v) is 8.27. The van der Waals surface area contributed by atoms with E-state index in [0.717, 1.165) is 15.9 Å². The Bertz CT molecular complexity index is 1110. The minimum atomic E-state index is -0.273. The summed E-state index contributed by atoms with van der Waals surface area (Å²) in [4.78, 5) is 12.2. The third-order valence-electron chi connectivity index (χ3n) is 4.34. The maximum atomic E-state index is 12.2.